The van der Waals surface area contributed by atoms with Crippen LogP contribution in [0.2, 0.25) is 0 Å². The summed E-state index contributed by atoms with van der Waals surface area (Å²) in [6.07, 6.45) is 6.73. The molecule has 2 heteroatoms. The van der Waals surface area contributed by atoms with Crippen molar-refractivity contribution in [3.63, 3.8) is 0 Å². The van der Waals surface area contributed by atoms with Crippen molar-refractivity contribution in [2.75, 3.05) is 13.2 Å². The van der Waals surface area contributed by atoms with Crippen molar-refractivity contribution in [3.05, 3.63) is 23.8 Å². The third-order valence-corrected chi connectivity index (χ3v) is 4.97. The zero-order valence-electron chi connectivity index (χ0n) is 11.3. The minimum absolute atomic E-state index is 0.0811. The lowest BCUT2D eigenvalue weighted by molar-refractivity contribution is -0.148. The molecule has 0 radical (unpaired) electrons. The lowest BCUT2D eigenvalue weighted by Crippen LogP contribution is -2.55. The largest absolute Gasteiger partial charge is 0.396 e. The monoisotopic (exact) mass is 236 g/mol. The minimum Gasteiger partial charge on any atom is -0.396 e. The Morgan fingerprint density at radius 3 is 2.82 bits per heavy atom. The van der Waals surface area contributed by atoms with E-state index in [4.69, 9.17) is 4.74 Å². The van der Waals surface area contributed by atoms with E-state index in [2.05, 4.69) is 39.0 Å². The first-order chi connectivity index (χ1) is 8.06. The van der Waals surface area contributed by atoms with E-state index >= 15 is 0 Å². The van der Waals surface area contributed by atoms with Gasteiger partial charge in [-0.2, -0.15) is 0 Å². The van der Waals surface area contributed by atoms with Gasteiger partial charge in [-0.1, -0.05) is 37.6 Å². The molecular formula is C15H24O2. The first-order valence-electron chi connectivity index (χ1n) is 6.60. The number of hydrogen-bond acceptors (Lipinski definition) is 2. The molecule has 0 spiro atoms. The van der Waals surface area contributed by atoms with Gasteiger partial charge >= 0.3 is 0 Å². The van der Waals surface area contributed by atoms with E-state index < -0.39 is 0 Å². The molecule has 0 aromatic heterocycles. The molecule has 1 fully saturated rings. The molecule has 17 heavy (non-hydrogen) atoms. The summed E-state index contributed by atoms with van der Waals surface area (Å²) >= 11 is 0. The molecule has 1 heterocycles. The standard InChI is InChI=1S/C15H24O2/c1-5-6-13-14-10(2)7-11(3)15(8-16,9-17-13)12(14)4/h5-7,11-14,16H,8-9H2,1-4H3/b6-5+/t11-,12-,13-,14-,15-/m0/s1. The quantitative estimate of drug-likeness (QED) is 0.747. The predicted molar refractivity (Wildman–Crippen MR) is 69.6 cm³/mol. The molecule has 5 atom stereocenters. The van der Waals surface area contributed by atoms with Crippen LogP contribution in [-0.4, -0.2) is 24.4 Å². The molecule has 1 N–H and O–H groups in total. The normalized spacial score (nSPS) is 46.1. The Balaban J connectivity index is 2.40. The number of hydrogen-bond donors (Lipinski definition) is 1. The van der Waals surface area contributed by atoms with Crippen LogP contribution in [0.4, 0.5) is 0 Å². The van der Waals surface area contributed by atoms with Crippen LogP contribution in [0, 0.1) is 23.2 Å². The van der Waals surface area contributed by atoms with Crippen LogP contribution in [0.15, 0.2) is 23.8 Å². The average molecular weight is 236 g/mol. The number of allylic oxidation sites excluding steroid dienone is 2. The molecule has 1 aliphatic carbocycles. The smallest absolute Gasteiger partial charge is 0.0823 e. The lowest BCUT2D eigenvalue weighted by atomic mass is 9.56. The van der Waals surface area contributed by atoms with Gasteiger partial charge in [0.15, 0.2) is 0 Å². The van der Waals surface area contributed by atoms with Crippen molar-refractivity contribution >= 4 is 0 Å². The minimum atomic E-state index is -0.0811. The molecule has 0 unspecified atom stereocenters. The highest BCUT2D eigenvalue weighted by molar-refractivity contribution is 5.22. The summed E-state index contributed by atoms with van der Waals surface area (Å²) in [7, 11) is 0. The summed E-state index contributed by atoms with van der Waals surface area (Å²) in [5.41, 5.74) is 1.33. The van der Waals surface area contributed by atoms with Crippen LogP contribution in [0.3, 0.4) is 0 Å². The molecule has 2 rings (SSSR count). The van der Waals surface area contributed by atoms with Gasteiger partial charge in [0.05, 0.1) is 19.3 Å². The fourth-order valence-electron chi connectivity index (χ4n) is 3.70. The predicted octanol–water partition coefficient (Wildman–Crippen LogP) is 2.79. The van der Waals surface area contributed by atoms with E-state index in [1.54, 1.807) is 0 Å². The zero-order chi connectivity index (χ0) is 12.6. The van der Waals surface area contributed by atoms with E-state index in [1.165, 1.54) is 5.57 Å². The molecule has 2 bridgehead atoms. The fraction of sp³-hybridized carbons (Fsp3) is 0.733. The molecule has 0 saturated carbocycles. The Kier molecular flexibility index (Phi) is 3.46. The van der Waals surface area contributed by atoms with Crippen LogP contribution in [0.5, 0.6) is 0 Å². The van der Waals surface area contributed by atoms with Gasteiger partial charge in [0.25, 0.3) is 0 Å². The summed E-state index contributed by atoms with van der Waals surface area (Å²) < 4.78 is 6.00. The summed E-state index contributed by atoms with van der Waals surface area (Å²) in [6.45, 7) is 9.59. The molecule has 0 aromatic rings. The van der Waals surface area contributed by atoms with Crippen molar-refractivity contribution in [2.45, 2.75) is 33.8 Å². The van der Waals surface area contributed by atoms with Crippen molar-refractivity contribution in [2.24, 2.45) is 23.2 Å². The molecule has 0 aromatic carbocycles. The summed E-state index contributed by atoms with van der Waals surface area (Å²) in [5.74, 6) is 1.29. The Bertz CT molecular complexity index is 345. The van der Waals surface area contributed by atoms with Crippen molar-refractivity contribution in [1.29, 1.82) is 0 Å². The van der Waals surface area contributed by atoms with E-state index in [0.717, 1.165) is 0 Å². The number of ether oxygens (including phenoxy) is 1. The topological polar surface area (TPSA) is 29.5 Å². The molecular weight excluding hydrogens is 212 g/mol. The van der Waals surface area contributed by atoms with E-state index in [0.29, 0.717) is 24.4 Å². The van der Waals surface area contributed by atoms with Gasteiger partial charge < -0.3 is 9.84 Å². The van der Waals surface area contributed by atoms with Gasteiger partial charge in [0.2, 0.25) is 0 Å². The van der Waals surface area contributed by atoms with Gasteiger partial charge in [0.1, 0.15) is 0 Å². The van der Waals surface area contributed by atoms with Crippen LogP contribution >= 0.6 is 0 Å². The van der Waals surface area contributed by atoms with E-state index in [1.807, 2.05) is 6.92 Å². The average Bonchev–Trinajstić information content (AvgIpc) is 2.28. The summed E-state index contributed by atoms with van der Waals surface area (Å²) in [6, 6.07) is 0. The molecule has 0 amide bonds. The second-order valence-corrected chi connectivity index (χ2v) is 5.71. The zero-order valence-corrected chi connectivity index (χ0v) is 11.3. The van der Waals surface area contributed by atoms with E-state index in [9.17, 15) is 5.11 Å². The Hall–Kier alpha value is -0.600. The van der Waals surface area contributed by atoms with Gasteiger partial charge in [-0.05, 0) is 25.7 Å². The van der Waals surface area contributed by atoms with Crippen molar-refractivity contribution in [1.82, 2.24) is 0 Å². The fourth-order valence-corrected chi connectivity index (χ4v) is 3.70. The van der Waals surface area contributed by atoms with Gasteiger partial charge in [-0.25, -0.2) is 0 Å². The molecule has 1 saturated heterocycles. The first kappa shape index (κ1) is 12.8. The number of aliphatic hydroxyl groups excluding tert-OH is 1. The molecule has 2 nitrogen and oxygen atoms in total. The Morgan fingerprint density at radius 1 is 1.53 bits per heavy atom. The van der Waals surface area contributed by atoms with E-state index in [-0.39, 0.29) is 18.1 Å². The van der Waals surface area contributed by atoms with Gasteiger partial charge in [0, 0.05) is 11.3 Å². The third kappa shape index (κ3) is 1.78. The highest BCUT2D eigenvalue weighted by atomic mass is 16.5. The maximum Gasteiger partial charge on any atom is 0.0823 e. The highest BCUT2D eigenvalue weighted by Gasteiger charge is 2.52. The maximum atomic E-state index is 9.81. The molecule has 96 valence electrons. The van der Waals surface area contributed by atoms with Gasteiger partial charge in [-0.3, -0.25) is 0 Å². The Morgan fingerprint density at radius 2 is 2.24 bits per heavy atom. The van der Waals surface area contributed by atoms with Gasteiger partial charge in [-0.15, -0.1) is 0 Å². The van der Waals surface area contributed by atoms with Crippen LogP contribution < -0.4 is 0 Å². The lowest BCUT2D eigenvalue weighted by Gasteiger charge is -2.54. The van der Waals surface area contributed by atoms with Crippen LogP contribution in [0.1, 0.15) is 27.7 Å². The third-order valence-electron chi connectivity index (χ3n) is 4.97. The SMILES string of the molecule is C/C=C/[C@@H]1OC[C@@]2(CO)[C@@H](C)C=C(C)[C@H]1[C@@H]2C. The highest BCUT2D eigenvalue weighted by Crippen LogP contribution is 2.52. The van der Waals surface area contributed by atoms with Crippen LogP contribution in [0.25, 0.3) is 0 Å². The first-order valence-corrected chi connectivity index (χ1v) is 6.60. The second-order valence-electron chi connectivity index (χ2n) is 5.71. The maximum absolute atomic E-state index is 9.81. The summed E-state index contributed by atoms with van der Waals surface area (Å²) in [5, 5.41) is 9.81. The molecule has 2 aliphatic rings. The summed E-state index contributed by atoms with van der Waals surface area (Å²) in [4.78, 5) is 0. The number of fused-ring (bicyclic) bond motifs is 2. The van der Waals surface area contributed by atoms with Crippen molar-refractivity contribution < 1.29 is 9.84 Å². The number of rotatable bonds is 2. The second kappa shape index (κ2) is 4.58. The van der Waals surface area contributed by atoms with Crippen LogP contribution in [-0.2, 0) is 4.74 Å². The van der Waals surface area contributed by atoms with Crippen molar-refractivity contribution in [3.8, 4) is 0 Å². The molecule has 1 aliphatic heterocycles. The Labute approximate surface area is 104 Å². The number of aliphatic hydroxyl groups is 1.